The van der Waals surface area contributed by atoms with E-state index in [2.05, 4.69) is 5.32 Å². The van der Waals surface area contributed by atoms with Gasteiger partial charge in [-0.2, -0.15) is 5.10 Å². The highest BCUT2D eigenvalue weighted by molar-refractivity contribution is 8.00. The van der Waals surface area contributed by atoms with E-state index in [1.165, 1.54) is 11.8 Å². The minimum Gasteiger partial charge on any atom is -0.496 e. The Morgan fingerprint density at radius 3 is 2.50 bits per heavy atom. The SMILES string of the molecule is COCCNC(=O)CN1C(=O)CS[C@@H](c2ccccc2OC)c2c(-c3ccccc3)nn(-c3ccccc3C)c21. The number of aryl methyl sites for hydroxylation is 1. The number of aromatic nitrogens is 2. The van der Waals surface area contributed by atoms with Crippen LogP contribution in [0.4, 0.5) is 5.82 Å². The number of ether oxygens (including phenoxy) is 2. The molecule has 2 heterocycles. The van der Waals surface area contributed by atoms with Crippen LogP contribution in [0.1, 0.15) is 21.9 Å². The monoisotopic (exact) mass is 556 g/mol. The molecule has 3 aromatic carbocycles. The second-order valence-corrected chi connectivity index (χ2v) is 10.5. The smallest absolute Gasteiger partial charge is 0.240 e. The van der Waals surface area contributed by atoms with Gasteiger partial charge in [0.15, 0.2) is 0 Å². The Bertz CT molecular complexity index is 1500. The lowest BCUT2D eigenvalue weighted by Crippen LogP contribution is -2.43. The van der Waals surface area contributed by atoms with Crippen molar-refractivity contribution in [2.75, 3.05) is 44.6 Å². The van der Waals surface area contributed by atoms with Crippen molar-refractivity contribution in [3.05, 3.63) is 95.6 Å². The van der Waals surface area contributed by atoms with E-state index in [0.29, 0.717) is 19.0 Å². The molecular weight excluding hydrogens is 524 g/mol. The number of benzene rings is 3. The summed E-state index contributed by atoms with van der Waals surface area (Å²) in [5.41, 5.74) is 5.31. The number of para-hydroxylation sites is 2. The topological polar surface area (TPSA) is 85.7 Å². The third-order valence-corrected chi connectivity index (χ3v) is 8.07. The van der Waals surface area contributed by atoms with Crippen LogP contribution in [-0.2, 0) is 14.3 Å². The van der Waals surface area contributed by atoms with Crippen molar-refractivity contribution < 1.29 is 19.1 Å². The van der Waals surface area contributed by atoms with Gasteiger partial charge >= 0.3 is 0 Å². The van der Waals surface area contributed by atoms with Crippen LogP contribution in [0.5, 0.6) is 5.75 Å². The standard InChI is InChI=1S/C31H32N4O4S/c1-21-11-7-9-15-24(21)35-31-28(29(33-35)22-12-5-4-6-13-22)30(23-14-8-10-16-25(23)39-3)40-20-27(37)34(31)19-26(36)32-17-18-38-2/h4-16,30H,17-20H2,1-3H3,(H,32,36)/t30-/m0/s1. The van der Waals surface area contributed by atoms with Gasteiger partial charge in [-0.25, -0.2) is 4.68 Å². The van der Waals surface area contributed by atoms with Crippen molar-refractivity contribution >= 4 is 29.4 Å². The highest BCUT2D eigenvalue weighted by Gasteiger charge is 2.38. The molecule has 0 unspecified atom stereocenters. The van der Waals surface area contributed by atoms with Gasteiger partial charge in [0.2, 0.25) is 11.8 Å². The molecular formula is C31H32N4O4S. The summed E-state index contributed by atoms with van der Waals surface area (Å²) in [6, 6.07) is 25.7. The fraction of sp³-hybridized carbons (Fsp3) is 0.258. The van der Waals surface area contributed by atoms with Crippen LogP contribution in [0, 0.1) is 6.92 Å². The van der Waals surface area contributed by atoms with Crippen molar-refractivity contribution in [1.29, 1.82) is 0 Å². The van der Waals surface area contributed by atoms with Gasteiger partial charge < -0.3 is 14.8 Å². The van der Waals surface area contributed by atoms with Crippen LogP contribution in [0.25, 0.3) is 16.9 Å². The molecule has 5 rings (SSSR count). The lowest BCUT2D eigenvalue weighted by atomic mass is 9.99. The van der Waals surface area contributed by atoms with E-state index < -0.39 is 0 Å². The minimum atomic E-state index is -0.273. The van der Waals surface area contributed by atoms with Crippen molar-refractivity contribution in [3.8, 4) is 22.7 Å². The number of anilines is 1. The van der Waals surface area contributed by atoms with E-state index in [1.807, 2.05) is 90.5 Å². The first-order valence-electron chi connectivity index (χ1n) is 13.1. The highest BCUT2D eigenvalue weighted by Crippen LogP contribution is 2.50. The maximum atomic E-state index is 13.8. The molecule has 1 atom stereocenters. The lowest BCUT2D eigenvalue weighted by molar-refractivity contribution is -0.123. The van der Waals surface area contributed by atoms with Gasteiger partial charge in [-0.3, -0.25) is 14.5 Å². The number of methoxy groups -OCH3 is 2. The van der Waals surface area contributed by atoms with Gasteiger partial charge in [0.05, 0.1) is 36.1 Å². The molecule has 206 valence electrons. The fourth-order valence-electron chi connectivity index (χ4n) is 4.92. The average Bonchev–Trinajstić information content (AvgIpc) is 3.30. The molecule has 2 amide bonds. The van der Waals surface area contributed by atoms with Crippen molar-refractivity contribution in [2.24, 2.45) is 0 Å². The van der Waals surface area contributed by atoms with E-state index in [4.69, 9.17) is 14.6 Å². The Morgan fingerprint density at radius 2 is 1.75 bits per heavy atom. The van der Waals surface area contributed by atoms with Gasteiger partial charge in [0.25, 0.3) is 0 Å². The van der Waals surface area contributed by atoms with Gasteiger partial charge in [-0.05, 0) is 24.6 Å². The number of rotatable bonds is 9. The maximum absolute atomic E-state index is 13.8. The number of thioether (sulfide) groups is 1. The lowest BCUT2D eigenvalue weighted by Gasteiger charge is -2.24. The predicted octanol–water partition coefficient (Wildman–Crippen LogP) is 4.79. The maximum Gasteiger partial charge on any atom is 0.240 e. The first-order chi connectivity index (χ1) is 19.5. The Kier molecular flexibility index (Phi) is 8.52. The van der Waals surface area contributed by atoms with Gasteiger partial charge in [0.1, 0.15) is 18.1 Å². The van der Waals surface area contributed by atoms with Crippen LogP contribution in [0.2, 0.25) is 0 Å². The molecule has 9 heteroatoms. The van der Waals surface area contributed by atoms with Gasteiger partial charge in [0, 0.05) is 30.3 Å². The summed E-state index contributed by atoms with van der Waals surface area (Å²) in [4.78, 5) is 28.5. The third kappa shape index (κ3) is 5.48. The quantitative estimate of drug-likeness (QED) is 0.299. The average molecular weight is 557 g/mol. The number of carbonyl (C=O) groups is 2. The molecule has 0 fully saturated rings. The van der Waals surface area contributed by atoms with Crippen molar-refractivity contribution in [1.82, 2.24) is 15.1 Å². The number of hydrogen-bond donors (Lipinski definition) is 1. The minimum absolute atomic E-state index is 0.138. The molecule has 1 aliphatic rings. The highest BCUT2D eigenvalue weighted by atomic mass is 32.2. The van der Waals surface area contributed by atoms with Crippen molar-refractivity contribution in [3.63, 3.8) is 0 Å². The Hall–Kier alpha value is -4.08. The molecule has 1 aromatic heterocycles. The molecule has 40 heavy (non-hydrogen) atoms. The molecule has 4 aromatic rings. The number of hydrogen-bond acceptors (Lipinski definition) is 6. The second kappa shape index (κ2) is 12.4. The Labute approximate surface area is 238 Å². The summed E-state index contributed by atoms with van der Waals surface area (Å²) in [6.07, 6.45) is 0. The first-order valence-corrected chi connectivity index (χ1v) is 14.1. The zero-order valence-corrected chi connectivity index (χ0v) is 23.6. The molecule has 0 bridgehead atoms. The van der Waals surface area contributed by atoms with Crippen molar-refractivity contribution in [2.45, 2.75) is 12.2 Å². The normalized spacial score (nSPS) is 14.9. The number of nitrogens with zero attached hydrogens (tertiary/aromatic N) is 3. The van der Waals surface area contributed by atoms with E-state index >= 15 is 0 Å². The summed E-state index contributed by atoms with van der Waals surface area (Å²) in [6.45, 7) is 2.62. The van der Waals surface area contributed by atoms with Crippen LogP contribution >= 0.6 is 11.8 Å². The van der Waals surface area contributed by atoms with Crippen LogP contribution in [0.15, 0.2) is 78.9 Å². The summed E-state index contributed by atoms with van der Waals surface area (Å²) in [5, 5.41) is 7.74. The molecule has 1 aliphatic heterocycles. The number of carbonyl (C=O) groups excluding carboxylic acids is 2. The molecule has 0 saturated carbocycles. The molecule has 0 saturated heterocycles. The zero-order chi connectivity index (χ0) is 28.1. The molecule has 8 nitrogen and oxygen atoms in total. The van der Waals surface area contributed by atoms with E-state index in [0.717, 1.165) is 39.4 Å². The molecule has 0 radical (unpaired) electrons. The van der Waals surface area contributed by atoms with Crippen LogP contribution in [0.3, 0.4) is 0 Å². The molecule has 0 aliphatic carbocycles. The first kappa shape index (κ1) is 27.5. The van der Waals surface area contributed by atoms with E-state index in [1.54, 1.807) is 19.1 Å². The largest absolute Gasteiger partial charge is 0.496 e. The van der Waals surface area contributed by atoms with E-state index in [-0.39, 0.29) is 29.4 Å². The van der Waals surface area contributed by atoms with Gasteiger partial charge in [-0.15, -0.1) is 11.8 Å². The molecule has 1 N–H and O–H groups in total. The van der Waals surface area contributed by atoms with E-state index in [9.17, 15) is 9.59 Å². The van der Waals surface area contributed by atoms with Crippen LogP contribution < -0.4 is 15.0 Å². The predicted molar refractivity (Wildman–Crippen MR) is 158 cm³/mol. The summed E-state index contributed by atoms with van der Waals surface area (Å²) >= 11 is 1.52. The second-order valence-electron chi connectivity index (χ2n) is 9.41. The molecule has 0 spiro atoms. The Morgan fingerprint density at radius 1 is 1.02 bits per heavy atom. The fourth-order valence-corrected chi connectivity index (χ4v) is 6.14. The Balaban J connectivity index is 1.78. The zero-order valence-electron chi connectivity index (χ0n) is 22.8. The number of nitrogens with one attached hydrogen (secondary N) is 1. The van der Waals surface area contributed by atoms with Crippen LogP contribution in [-0.4, -0.2) is 61.3 Å². The summed E-state index contributed by atoms with van der Waals surface area (Å²) in [7, 11) is 3.23. The number of fused-ring (bicyclic) bond motifs is 1. The van der Waals surface area contributed by atoms with Gasteiger partial charge in [-0.1, -0.05) is 66.7 Å². The summed E-state index contributed by atoms with van der Waals surface area (Å²) in [5.74, 6) is 1.06. The summed E-state index contributed by atoms with van der Waals surface area (Å²) < 4.78 is 12.7. The number of amides is 2. The third-order valence-electron chi connectivity index (χ3n) is 6.83.